The van der Waals surface area contributed by atoms with Crippen LogP contribution in [0.25, 0.3) is 0 Å². The lowest BCUT2D eigenvalue weighted by molar-refractivity contribution is 0.267. The lowest BCUT2D eigenvalue weighted by Crippen LogP contribution is -2.42. The number of likely N-dealkylation sites (tertiary alicyclic amines) is 1. The van der Waals surface area contributed by atoms with E-state index in [0.717, 1.165) is 23.9 Å². The van der Waals surface area contributed by atoms with Gasteiger partial charge in [-0.15, -0.1) is 35.3 Å². The monoisotopic (exact) mass is 438 g/mol. The first-order valence-electron chi connectivity index (χ1n) is 7.49. The Bertz CT molecular complexity index is 476. The maximum absolute atomic E-state index is 5.94. The third-order valence-electron chi connectivity index (χ3n) is 3.76. The zero-order valence-electron chi connectivity index (χ0n) is 13.6. The summed E-state index contributed by atoms with van der Waals surface area (Å²) in [4.78, 5) is 13.3. The smallest absolute Gasteiger partial charge is 0.189 e. The number of nitrogens with one attached hydrogen (secondary N) is 1. The van der Waals surface area contributed by atoms with Gasteiger partial charge in [-0.3, -0.25) is 4.90 Å². The molecule has 2 rings (SSSR count). The van der Waals surface area contributed by atoms with Gasteiger partial charge in [0.25, 0.3) is 0 Å². The van der Waals surface area contributed by atoms with Crippen LogP contribution in [0, 0.1) is 0 Å². The van der Waals surface area contributed by atoms with Gasteiger partial charge in [-0.2, -0.15) is 0 Å². The summed E-state index contributed by atoms with van der Waals surface area (Å²) in [6.07, 6.45) is 2.52. The highest BCUT2D eigenvalue weighted by Gasteiger charge is 2.22. The van der Waals surface area contributed by atoms with Crippen molar-refractivity contribution in [3.8, 4) is 0 Å². The van der Waals surface area contributed by atoms with Crippen molar-refractivity contribution in [1.82, 2.24) is 15.2 Å². The Morgan fingerprint density at radius 1 is 1.59 bits per heavy atom. The van der Waals surface area contributed by atoms with E-state index in [-0.39, 0.29) is 24.0 Å². The highest BCUT2D eigenvalue weighted by Crippen LogP contribution is 2.18. The topological polar surface area (TPSA) is 69.8 Å². The third-order valence-corrected chi connectivity index (χ3v) is 4.81. The van der Waals surface area contributed by atoms with Crippen molar-refractivity contribution >= 4 is 46.4 Å². The van der Waals surface area contributed by atoms with Crippen molar-refractivity contribution in [2.24, 2.45) is 10.7 Å². The number of nitrogens with zero attached hydrogens (tertiary/aromatic N) is 4. The number of hydrogen-bond acceptors (Lipinski definition) is 5. The molecule has 1 aliphatic rings. The number of aromatic nitrogens is 1. The minimum absolute atomic E-state index is 0. The number of nitrogens with two attached hydrogens (primary N) is 1. The van der Waals surface area contributed by atoms with Crippen LogP contribution in [0.1, 0.15) is 25.5 Å². The zero-order valence-corrected chi connectivity index (χ0v) is 16.7. The van der Waals surface area contributed by atoms with Gasteiger partial charge in [-0.1, -0.05) is 6.92 Å². The van der Waals surface area contributed by atoms with Crippen molar-refractivity contribution in [1.29, 1.82) is 0 Å². The number of aliphatic imine (C=N–C) groups is 1. The molecule has 1 aromatic heterocycles. The van der Waals surface area contributed by atoms with Crippen LogP contribution in [0.15, 0.2) is 10.4 Å². The van der Waals surface area contributed by atoms with Gasteiger partial charge in [0.05, 0.1) is 12.2 Å². The molecule has 1 saturated heterocycles. The normalized spacial score (nSPS) is 19.0. The molecule has 1 fully saturated rings. The van der Waals surface area contributed by atoms with E-state index in [4.69, 9.17) is 5.73 Å². The molecule has 126 valence electrons. The number of anilines is 1. The van der Waals surface area contributed by atoms with Gasteiger partial charge in [0.15, 0.2) is 11.1 Å². The van der Waals surface area contributed by atoms with E-state index < -0.39 is 0 Å². The minimum atomic E-state index is 0. The molecule has 1 unspecified atom stereocenters. The number of rotatable bonds is 6. The number of thiazole rings is 1. The van der Waals surface area contributed by atoms with Gasteiger partial charge in [0.1, 0.15) is 0 Å². The van der Waals surface area contributed by atoms with Crippen molar-refractivity contribution in [2.45, 2.75) is 32.4 Å². The fourth-order valence-corrected chi connectivity index (χ4v) is 3.31. The van der Waals surface area contributed by atoms with E-state index in [2.05, 4.69) is 27.1 Å². The molecule has 0 aromatic carbocycles. The van der Waals surface area contributed by atoms with E-state index >= 15 is 0 Å². The summed E-state index contributed by atoms with van der Waals surface area (Å²) in [6.45, 7) is 5.93. The van der Waals surface area contributed by atoms with Gasteiger partial charge < -0.3 is 16.0 Å². The molecular formula is C14H27IN6S. The predicted octanol–water partition coefficient (Wildman–Crippen LogP) is 1.72. The van der Waals surface area contributed by atoms with E-state index in [9.17, 15) is 0 Å². The fourth-order valence-electron chi connectivity index (χ4n) is 2.56. The third kappa shape index (κ3) is 5.54. The Morgan fingerprint density at radius 3 is 3.00 bits per heavy atom. The summed E-state index contributed by atoms with van der Waals surface area (Å²) in [6, 6.07) is 0.586. The van der Waals surface area contributed by atoms with E-state index in [1.165, 1.54) is 19.4 Å². The van der Waals surface area contributed by atoms with Crippen LogP contribution in [-0.2, 0) is 6.54 Å². The molecule has 8 heteroatoms. The second-order valence-electron chi connectivity index (χ2n) is 5.52. The van der Waals surface area contributed by atoms with Gasteiger partial charge in [0, 0.05) is 32.1 Å². The van der Waals surface area contributed by atoms with Gasteiger partial charge in [0.2, 0.25) is 0 Å². The molecule has 0 amide bonds. The molecule has 22 heavy (non-hydrogen) atoms. The summed E-state index contributed by atoms with van der Waals surface area (Å²) in [5, 5.41) is 6.27. The summed E-state index contributed by atoms with van der Waals surface area (Å²) in [7, 11) is 3.98. The van der Waals surface area contributed by atoms with Crippen LogP contribution >= 0.6 is 35.3 Å². The first-order chi connectivity index (χ1) is 10.1. The van der Waals surface area contributed by atoms with Crippen LogP contribution in [0.2, 0.25) is 0 Å². The fraction of sp³-hybridized carbons (Fsp3) is 0.714. The molecule has 0 radical (unpaired) electrons. The largest absolute Gasteiger partial charge is 0.370 e. The summed E-state index contributed by atoms with van der Waals surface area (Å²) >= 11 is 1.62. The average Bonchev–Trinajstić information content (AvgIpc) is 3.11. The second kappa shape index (κ2) is 9.51. The highest BCUT2D eigenvalue weighted by molar-refractivity contribution is 14.0. The molecule has 0 aliphatic carbocycles. The molecule has 1 atom stereocenters. The Morgan fingerprint density at radius 2 is 2.36 bits per heavy atom. The van der Waals surface area contributed by atoms with Gasteiger partial charge >= 0.3 is 0 Å². The Kier molecular flexibility index (Phi) is 8.40. The first-order valence-corrected chi connectivity index (χ1v) is 8.37. The van der Waals surface area contributed by atoms with Crippen LogP contribution < -0.4 is 16.0 Å². The maximum Gasteiger partial charge on any atom is 0.189 e. The average molecular weight is 438 g/mol. The van der Waals surface area contributed by atoms with E-state index in [1.807, 2.05) is 24.4 Å². The Balaban J connectivity index is 0.00000242. The van der Waals surface area contributed by atoms with Crippen LogP contribution in [0.3, 0.4) is 0 Å². The highest BCUT2D eigenvalue weighted by atomic mass is 127. The number of guanidine groups is 1. The Hall–Kier alpha value is -0.610. The second-order valence-corrected chi connectivity index (χ2v) is 6.36. The Labute approximate surface area is 154 Å². The van der Waals surface area contributed by atoms with Crippen molar-refractivity contribution in [3.05, 3.63) is 11.1 Å². The van der Waals surface area contributed by atoms with Crippen LogP contribution in [-0.4, -0.2) is 55.6 Å². The van der Waals surface area contributed by atoms with Gasteiger partial charge in [-0.25, -0.2) is 9.98 Å². The molecule has 1 aliphatic heterocycles. The van der Waals surface area contributed by atoms with Crippen molar-refractivity contribution in [3.63, 3.8) is 0 Å². The van der Waals surface area contributed by atoms with E-state index in [0.29, 0.717) is 18.5 Å². The quantitative estimate of drug-likeness (QED) is 0.402. The summed E-state index contributed by atoms with van der Waals surface area (Å²) < 4.78 is 0. The SMILES string of the molecule is CCN1CCCC1CNC(N)=NCc1csc(N(C)C)n1.I. The molecule has 2 heterocycles. The molecule has 1 aromatic rings. The molecule has 0 spiro atoms. The summed E-state index contributed by atoms with van der Waals surface area (Å²) in [5.41, 5.74) is 6.90. The van der Waals surface area contributed by atoms with E-state index in [1.54, 1.807) is 11.3 Å². The summed E-state index contributed by atoms with van der Waals surface area (Å²) in [5.74, 6) is 0.511. The molecule has 3 N–H and O–H groups in total. The maximum atomic E-state index is 5.94. The molecular weight excluding hydrogens is 411 g/mol. The number of hydrogen-bond donors (Lipinski definition) is 2. The number of likely N-dealkylation sites (N-methyl/N-ethyl adjacent to an activating group) is 1. The number of halogens is 1. The minimum Gasteiger partial charge on any atom is -0.370 e. The predicted molar refractivity (Wildman–Crippen MR) is 105 cm³/mol. The molecule has 0 bridgehead atoms. The lowest BCUT2D eigenvalue weighted by atomic mass is 10.2. The standard InChI is InChI=1S/C14H26N6S.HI/c1-4-20-7-5-6-12(20)9-17-13(15)16-8-11-10-21-14(18-11)19(2)3;/h10,12H,4-9H2,1-3H3,(H3,15,16,17);1H. The van der Waals surface area contributed by atoms with Crippen molar-refractivity contribution in [2.75, 3.05) is 38.6 Å². The van der Waals surface area contributed by atoms with Gasteiger partial charge in [-0.05, 0) is 25.9 Å². The molecule has 6 nitrogen and oxygen atoms in total. The van der Waals surface area contributed by atoms with Crippen molar-refractivity contribution < 1.29 is 0 Å². The van der Waals surface area contributed by atoms with Crippen LogP contribution in [0.5, 0.6) is 0 Å². The lowest BCUT2D eigenvalue weighted by Gasteiger charge is -2.23. The molecule has 0 saturated carbocycles. The van der Waals surface area contributed by atoms with Crippen LogP contribution in [0.4, 0.5) is 5.13 Å². The first kappa shape index (κ1) is 19.4. The zero-order chi connectivity index (χ0) is 15.2.